The van der Waals surface area contributed by atoms with Gasteiger partial charge in [0, 0.05) is 4.88 Å². The maximum absolute atomic E-state index is 13.1. The number of fused-ring (bicyclic) bond motifs is 4. The summed E-state index contributed by atoms with van der Waals surface area (Å²) in [7, 11) is 1.69. The lowest BCUT2D eigenvalue weighted by molar-refractivity contribution is 0.0944. The molecule has 4 aromatic rings. The summed E-state index contributed by atoms with van der Waals surface area (Å²) in [5.74, 6) is 0.838. The predicted octanol–water partition coefficient (Wildman–Crippen LogP) is 6.17. The number of amides is 1. The van der Waals surface area contributed by atoms with Crippen molar-refractivity contribution in [3.05, 3.63) is 88.3 Å². The van der Waals surface area contributed by atoms with Crippen LogP contribution in [0.1, 0.15) is 39.3 Å². The summed E-state index contributed by atoms with van der Waals surface area (Å²) < 4.78 is 5.41. The van der Waals surface area contributed by atoms with E-state index >= 15 is 0 Å². The number of rotatable bonds is 4. The second-order valence-corrected chi connectivity index (χ2v) is 8.80. The molecule has 1 unspecified atom stereocenters. The molecule has 1 N–H and O–H groups in total. The molecule has 1 aliphatic rings. The van der Waals surface area contributed by atoms with Crippen LogP contribution in [-0.2, 0) is 12.8 Å². The molecular weight excluding hydrogens is 390 g/mol. The Morgan fingerprint density at radius 2 is 1.80 bits per heavy atom. The van der Waals surface area contributed by atoms with Crippen LogP contribution in [0.3, 0.4) is 0 Å². The predicted molar refractivity (Wildman–Crippen MR) is 124 cm³/mol. The van der Waals surface area contributed by atoms with Gasteiger partial charge in [-0.2, -0.15) is 0 Å². The van der Waals surface area contributed by atoms with E-state index in [9.17, 15) is 4.79 Å². The Morgan fingerprint density at radius 1 is 1.00 bits per heavy atom. The van der Waals surface area contributed by atoms with E-state index in [1.807, 2.05) is 25.1 Å². The Balaban J connectivity index is 1.43. The Kier molecular flexibility index (Phi) is 4.80. The van der Waals surface area contributed by atoms with Gasteiger partial charge in [0.15, 0.2) is 0 Å². The Morgan fingerprint density at radius 3 is 2.67 bits per heavy atom. The highest BCUT2D eigenvalue weighted by Gasteiger charge is 2.23. The van der Waals surface area contributed by atoms with E-state index in [-0.39, 0.29) is 11.9 Å². The van der Waals surface area contributed by atoms with E-state index < -0.39 is 0 Å². The molecule has 4 heteroatoms. The van der Waals surface area contributed by atoms with Crippen molar-refractivity contribution in [1.82, 2.24) is 5.32 Å². The van der Waals surface area contributed by atoms with Crippen molar-refractivity contribution in [2.75, 3.05) is 7.11 Å². The molecule has 0 radical (unpaired) electrons. The van der Waals surface area contributed by atoms with E-state index in [0.717, 1.165) is 29.0 Å². The molecule has 30 heavy (non-hydrogen) atoms. The minimum Gasteiger partial charge on any atom is -0.497 e. The zero-order valence-electron chi connectivity index (χ0n) is 17.1. The summed E-state index contributed by atoms with van der Waals surface area (Å²) in [6, 6.07) is 22.8. The minimum absolute atomic E-state index is 0.0146. The molecule has 1 heterocycles. The fourth-order valence-corrected chi connectivity index (χ4v) is 5.47. The van der Waals surface area contributed by atoms with E-state index in [0.29, 0.717) is 0 Å². The van der Waals surface area contributed by atoms with Crippen LogP contribution in [0, 0.1) is 0 Å². The van der Waals surface area contributed by atoms with Crippen LogP contribution in [-0.4, -0.2) is 13.0 Å². The van der Waals surface area contributed by atoms with Crippen molar-refractivity contribution in [3.8, 4) is 16.2 Å². The van der Waals surface area contributed by atoms with Gasteiger partial charge < -0.3 is 10.1 Å². The van der Waals surface area contributed by atoms with Crippen molar-refractivity contribution in [2.45, 2.75) is 25.8 Å². The first-order chi connectivity index (χ1) is 14.6. The molecule has 0 saturated heterocycles. The Bertz CT molecular complexity index is 1250. The van der Waals surface area contributed by atoms with E-state index in [2.05, 4.69) is 53.8 Å². The van der Waals surface area contributed by atoms with Gasteiger partial charge in [0.25, 0.3) is 5.91 Å². The van der Waals surface area contributed by atoms with Crippen molar-refractivity contribution < 1.29 is 9.53 Å². The van der Waals surface area contributed by atoms with Crippen LogP contribution in [0.15, 0.2) is 66.7 Å². The zero-order valence-corrected chi connectivity index (χ0v) is 17.9. The van der Waals surface area contributed by atoms with Gasteiger partial charge in [0.1, 0.15) is 5.75 Å². The largest absolute Gasteiger partial charge is 0.497 e. The Hall–Kier alpha value is -3.11. The highest BCUT2D eigenvalue weighted by Crippen LogP contribution is 2.41. The molecule has 0 saturated carbocycles. The number of aryl methyl sites for hydroxylation is 2. The number of hydrogen-bond acceptors (Lipinski definition) is 3. The van der Waals surface area contributed by atoms with Gasteiger partial charge in [0.2, 0.25) is 0 Å². The summed E-state index contributed by atoms with van der Waals surface area (Å²) in [6.07, 6.45) is 1.97. The van der Waals surface area contributed by atoms with Crippen molar-refractivity contribution in [3.63, 3.8) is 0 Å². The molecule has 5 rings (SSSR count). The fourth-order valence-electron chi connectivity index (χ4n) is 4.31. The zero-order chi connectivity index (χ0) is 20.7. The summed E-state index contributed by atoms with van der Waals surface area (Å²) >= 11 is 1.58. The number of carbonyl (C=O) groups excluding carboxylic acids is 1. The summed E-state index contributed by atoms with van der Waals surface area (Å²) in [4.78, 5) is 15.1. The van der Waals surface area contributed by atoms with Gasteiger partial charge in [-0.15, -0.1) is 11.3 Å². The number of benzene rings is 3. The number of nitrogens with one attached hydrogen (secondary N) is 1. The van der Waals surface area contributed by atoms with Crippen LogP contribution >= 0.6 is 11.3 Å². The molecule has 0 fully saturated rings. The number of thiophene rings is 1. The van der Waals surface area contributed by atoms with Crippen molar-refractivity contribution >= 4 is 28.0 Å². The molecule has 150 valence electrons. The molecule has 0 bridgehead atoms. The third kappa shape index (κ3) is 3.27. The van der Waals surface area contributed by atoms with Gasteiger partial charge in [-0.1, -0.05) is 48.5 Å². The highest BCUT2D eigenvalue weighted by molar-refractivity contribution is 7.17. The molecule has 1 aliphatic carbocycles. The smallest absolute Gasteiger partial charge is 0.261 e. The molecule has 1 amide bonds. The molecule has 0 aliphatic heterocycles. The van der Waals surface area contributed by atoms with Gasteiger partial charge in [-0.3, -0.25) is 4.79 Å². The monoisotopic (exact) mass is 413 g/mol. The molecule has 3 nitrogen and oxygen atoms in total. The second kappa shape index (κ2) is 7.62. The standard InChI is InChI=1S/C26H23NO2S/c1-16(21-9-5-7-17-6-3-4-8-22(17)21)27-26(28)24-14-19-11-10-18-12-13-20(29-2)15-23(18)25(19)30-24/h3-9,12-16H,10-11H2,1-2H3,(H,27,28). The van der Waals surface area contributed by atoms with Crippen LogP contribution in [0.5, 0.6) is 5.75 Å². The maximum Gasteiger partial charge on any atom is 0.261 e. The summed E-state index contributed by atoms with van der Waals surface area (Å²) in [5.41, 5.74) is 4.91. The average molecular weight is 414 g/mol. The summed E-state index contributed by atoms with van der Waals surface area (Å²) in [6.45, 7) is 2.05. The van der Waals surface area contributed by atoms with E-state index in [1.54, 1.807) is 18.4 Å². The van der Waals surface area contributed by atoms with Crippen molar-refractivity contribution in [2.24, 2.45) is 0 Å². The van der Waals surface area contributed by atoms with Crippen molar-refractivity contribution in [1.29, 1.82) is 0 Å². The average Bonchev–Trinajstić information content (AvgIpc) is 3.23. The first kappa shape index (κ1) is 18.9. The lowest BCUT2D eigenvalue weighted by atomic mass is 9.91. The topological polar surface area (TPSA) is 38.3 Å². The minimum atomic E-state index is -0.0740. The van der Waals surface area contributed by atoms with Crippen LogP contribution < -0.4 is 10.1 Å². The third-order valence-electron chi connectivity index (χ3n) is 5.90. The van der Waals surface area contributed by atoms with Gasteiger partial charge in [-0.05, 0) is 71.0 Å². The Labute approximate surface area is 180 Å². The molecule has 0 spiro atoms. The normalized spacial score (nSPS) is 13.4. The second-order valence-electron chi connectivity index (χ2n) is 7.75. The molecule has 1 aromatic heterocycles. The quantitative estimate of drug-likeness (QED) is 0.435. The van der Waals surface area contributed by atoms with Gasteiger partial charge >= 0.3 is 0 Å². The van der Waals surface area contributed by atoms with E-state index in [1.165, 1.54) is 32.3 Å². The number of carbonyl (C=O) groups is 1. The molecule has 1 atom stereocenters. The van der Waals surface area contributed by atoms with Crippen LogP contribution in [0.2, 0.25) is 0 Å². The molecular formula is C26H23NO2S. The van der Waals surface area contributed by atoms with E-state index in [4.69, 9.17) is 4.74 Å². The highest BCUT2D eigenvalue weighted by atomic mass is 32.1. The number of ether oxygens (including phenoxy) is 1. The van der Waals surface area contributed by atoms with Gasteiger partial charge in [-0.25, -0.2) is 0 Å². The number of hydrogen-bond donors (Lipinski definition) is 1. The van der Waals surface area contributed by atoms with Crippen LogP contribution in [0.4, 0.5) is 0 Å². The fraction of sp³-hybridized carbons (Fsp3) is 0.192. The third-order valence-corrected chi connectivity index (χ3v) is 7.10. The van der Waals surface area contributed by atoms with Gasteiger partial charge in [0.05, 0.1) is 18.0 Å². The molecule has 3 aromatic carbocycles. The lowest BCUT2D eigenvalue weighted by Gasteiger charge is -2.16. The first-order valence-electron chi connectivity index (χ1n) is 10.2. The first-order valence-corrected chi connectivity index (χ1v) is 11.0. The number of methoxy groups -OCH3 is 1. The van der Waals surface area contributed by atoms with Crippen LogP contribution in [0.25, 0.3) is 21.2 Å². The SMILES string of the molecule is COc1ccc2c(c1)-c1sc(C(=O)NC(C)c3cccc4ccccc34)cc1CC2. The maximum atomic E-state index is 13.1. The summed E-state index contributed by atoms with van der Waals surface area (Å²) in [5, 5.41) is 5.58. The lowest BCUT2D eigenvalue weighted by Crippen LogP contribution is -2.26.